The summed E-state index contributed by atoms with van der Waals surface area (Å²) in [6.45, 7) is 0.0565. The van der Waals surface area contributed by atoms with Crippen molar-refractivity contribution in [3.05, 3.63) is 65.0 Å². The molecule has 2 aromatic rings. The lowest BCUT2D eigenvalue weighted by Gasteiger charge is -2.08. The molecule has 0 radical (unpaired) electrons. The lowest BCUT2D eigenvalue weighted by Crippen LogP contribution is -2.12. The summed E-state index contributed by atoms with van der Waals surface area (Å²) in [7, 11) is 0. The first-order valence-corrected chi connectivity index (χ1v) is 6.04. The summed E-state index contributed by atoms with van der Waals surface area (Å²) < 4.78 is 44.4. The number of nitrogens with two attached hydrogens (primary N) is 1. The molecule has 0 aromatic heterocycles. The molecule has 6 heteroatoms. The Bertz CT molecular complexity index is 661. The van der Waals surface area contributed by atoms with Crippen molar-refractivity contribution in [3.63, 3.8) is 0 Å². The highest BCUT2D eigenvalue weighted by Gasteiger charge is 2.07. The maximum Gasteiger partial charge on any atom is 0.162 e. The second-order valence-electron chi connectivity index (χ2n) is 4.04. The molecule has 0 bridgehead atoms. The molecule has 0 saturated carbocycles. The van der Waals surface area contributed by atoms with Gasteiger partial charge in [0.1, 0.15) is 23.2 Å². The van der Waals surface area contributed by atoms with E-state index in [0.29, 0.717) is 5.56 Å². The maximum absolute atomic E-state index is 13.4. The number of benzene rings is 2. The molecule has 0 atom stereocenters. The van der Waals surface area contributed by atoms with Crippen molar-refractivity contribution < 1.29 is 17.9 Å². The number of hydrogen-bond donors (Lipinski definition) is 1. The Morgan fingerprint density at radius 3 is 2.35 bits per heavy atom. The van der Waals surface area contributed by atoms with Crippen LogP contribution in [0.25, 0.3) is 0 Å². The molecule has 0 amide bonds. The second-order valence-corrected chi connectivity index (χ2v) is 4.48. The molecule has 2 rings (SSSR count). The fourth-order valence-electron chi connectivity index (χ4n) is 1.58. The molecule has 2 nitrogen and oxygen atoms in total. The van der Waals surface area contributed by atoms with Crippen LogP contribution >= 0.6 is 12.2 Å². The monoisotopic (exact) mass is 297 g/mol. The number of hydrogen-bond acceptors (Lipinski definition) is 2. The van der Waals surface area contributed by atoms with Crippen molar-refractivity contribution >= 4 is 17.2 Å². The molecule has 0 aliphatic heterocycles. The van der Waals surface area contributed by atoms with E-state index in [9.17, 15) is 13.2 Å². The van der Waals surface area contributed by atoms with E-state index in [1.807, 2.05) is 0 Å². The normalized spacial score (nSPS) is 10.3. The third-order valence-corrected chi connectivity index (χ3v) is 2.81. The van der Waals surface area contributed by atoms with Gasteiger partial charge in [0.25, 0.3) is 0 Å². The SMILES string of the molecule is NC(=S)c1cc(COc2ccc(F)c(F)c2)ccc1F. The predicted octanol–water partition coefficient (Wildman–Crippen LogP) is 3.32. The van der Waals surface area contributed by atoms with Gasteiger partial charge < -0.3 is 10.5 Å². The quantitative estimate of drug-likeness (QED) is 0.879. The summed E-state index contributed by atoms with van der Waals surface area (Å²) in [6.07, 6.45) is 0. The summed E-state index contributed by atoms with van der Waals surface area (Å²) in [5.74, 6) is -2.29. The lowest BCUT2D eigenvalue weighted by atomic mass is 10.1. The van der Waals surface area contributed by atoms with Crippen LogP contribution in [-0.4, -0.2) is 4.99 Å². The van der Waals surface area contributed by atoms with Crippen LogP contribution in [0.2, 0.25) is 0 Å². The zero-order valence-corrected chi connectivity index (χ0v) is 11.0. The Balaban J connectivity index is 2.12. The Labute approximate surface area is 119 Å². The van der Waals surface area contributed by atoms with Crippen molar-refractivity contribution in [2.24, 2.45) is 5.73 Å². The van der Waals surface area contributed by atoms with Crippen LogP contribution < -0.4 is 10.5 Å². The minimum Gasteiger partial charge on any atom is -0.489 e. The van der Waals surface area contributed by atoms with Crippen molar-refractivity contribution in [1.29, 1.82) is 0 Å². The first-order chi connectivity index (χ1) is 9.47. The van der Waals surface area contributed by atoms with E-state index < -0.39 is 17.5 Å². The van der Waals surface area contributed by atoms with Crippen LogP contribution in [0.1, 0.15) is 11.1 Å². The minimum atomic E-state index is -0.995. The highest BCUT2D eigenvalue weighted by molar-refractivity contribution is 7.80. The standard InChI is InChI=1S/C14H10F3NOS/c15-11-3-1-8(5-10(11)14(18)20)7-19-9-2-4-12(16)13(17)6-9/h1-6H,7H2,(H2,18,20). The van der Waals surface area contributed by atoms with Gasteiger partial charge in [-0.25, -0.2) is 13.2 Å². The van der Waals surface area contributed by atoms with Crippen LogP contribution in [0.4, 0.5) is 13.2 Å². The molecule has 2 N–H and O–H groups in total. The Kier molecular flexibility index (Phi) is 4.24. The van der Waals surface area contributed by atoms with E-state index in [2.05, 4.69) is 0 Å². The van der Waals surface area contributed by atoms with Gasteiger partial charge in [-0.15, -0.1) is 0 Å². The van der Waals surface area contributed by atoms with Gasteiger partial charge >= 0.3 is 0 Å². The van der Waals surface area contributed by atoms with Gasteiger partial charge in [0.05, 0.1) is 0 Å². The zero-order chi connectivity index (χ0) is 14.7. The summed E-state index contributed by atoms with van der Waals surface area (Å²) in [5.41, 5.74) is 6.11. The highest BCUT2D eigenvalue weighted by Crippen LogP contribution is 2.18. The third-order valence-electron chi connectivity index (χ3n) is 2.59. The van der Waals surface area contributed by atoms with E-state index in [0.717, 1.165) is 12.1 Å². The van der Waals surface area contributed by atoms with Crippen LogP contribution in [-0.2, 0) is 6.61 Å². The van der Waals surface area contributed by atoms with Gasteiger partial charge in [-0.1, -0.05) is 18.3 Å². The summed E-state index contributed by atoms with van der Waals surface area (Å²) in [5, 5.41) is 0. The molecular weight excluding hydrogens is 287 g/mol. The maximum atomic E-state index is 13.4. The predicted molar refractivity (Wildman–Crippen MR) is 73.0 cm³/mol. The third kappa shape index (κ3) is 3.27. The second kappa shape index (κ2) is 5.92. The largest absolute Gasteiger partial charge is 0.489 e. The van der Waals surface area contributed by atoms with Gasteiger partial charge in [-0.2, -0.15) is 0 Å². The van der Waals surface area contributed by atoms with Crippen molar-refractivity contribution in [2.75, 3.05) is 0 Å². The molecule has 0 aliphatic rings. The molecule has 0 saturated heterocycles. The molecule has 0 heterocycles. The number of thiocarbonyl (C=S) groups is 1. The van der Waals surface area contributed by atoms with Crippen LogP contribution in [0, 0.1) is 17.5 Å². The van der Waals surface area contributed by atoms with Crippen LogP contribution in [0.5, 0.6) is 5.75 Å². The van der Waals surface area contributed by atoms with E-state index in [4.69, 9.17) is 22.7 Å². The van der Waals surface area contributed by atoms with E-state index in [1.165, 1.54) is 24.3 Å². The summed E-state index contributed by atoms with van der Waals surface area (Å²) >= 11 is 4.72. The van der Waals surface area contributed by atoms with Crippen LogP contribution in [0.15, 0.2) is 36.4 Å². The molecule has 0 fully saturated rings. The van der Waals surface area contributed by atoms with Gasteiger partial charge in [0, 0.05) is 11.6 Å². The molecule has 2 aromatic carbocycles. The Hall–Kier alpha value is -2.08. The van der Waals surface area contributed by atoms with E-state index in [1.54, 1.807) is 0 Å². The molecule has 20 heavy (non-hydrogen) atoms. The molecule has 0 unspecified atom stereocenters. The fourth-order valence-corrected chi connectivity index (χ4v) is 1.74. The van der Waals surface area contributed by atoms with Crippen molar-refractivity contribution in [3.8, 4) is 5.75 Å². The van der Waals surface area contributed by atoms with Gasteiger partial charge in [0.15, 0.2) is 11.6 Å². The van der Waals surface area contributed by atoms with Crippen molar-refractivity contribution in [1.82, 2.24) is 0 Å². The lowest BCUT2D eigenvalue weighted by molar-refractivity contribution is 0.303. The van der Waals surface area contributed by atoms with Crippen LogP contribution in [0.3, 0.4) is 0 Å². The van der Waals surface area contributed by atoms with Crippen molar-refractivity contribution in [2.45, 2.75) is 6.61 Å². The van der Waals surface area contributed by atoms with Gasteiger partial charge in [-0.3, -0.25) is 0 Å². The number of halogens is 3. The van der Waals surface area contributed by atoms with Gasteiger partial charge in [0.2, 0.25) is 0 Å². The molecular formula is C14H10F3NOS. The summed E-state index contributed by atoms with van der Waals surface area (Å²) in [6, 6.07) is 7.38. The average molecular weight is 297 g/mol. The molecule has 0 aliphatic carbocycles. The number of rotatable bonds is 4. The summed E-state index contributed by atoms with van der Waals surface area (Å²) in [4.78, 5) is -0.0582. The highest BCUT2D eigenvalue weighted by atomic mass is 32.1. The Morgan fingerprint density at radius 1 is 1.00 bits per heavy atom. The smallest absolute Gasteiger partial charge is 0.162 e. The topological polar surface area (TPSA) is 35.2 Å². The first-order valence-electron chi connectivity index (χ1n) is 5.63. The van der Waals surface area contributed by atoms with Gasteiger partial charge in [-0.05, 0) is 29.8 Å². The Morgan fingerprint density at radius 2 is 1.70 bits per heavy atom. The van der Waals surface area contributed by atoms with E-state index >= 15 is 0 Å². The van der Waals surface area contributed by atoms with E-state index in [-0.39, 0.29) is 22.9 Å². The fraction of sp³-hybridized carbons (Fsp3) is 0.0714. The average Bonchev–Trinajstić information content (AvgIpc) is 2.41. The zero-order valence-electron chi connectivity index (χ0n) is 10.2. The number of ether oxygens (including phenoxy) is 1. The molecule has 0 spiro atoms. The minimum absolute atomic E-state index is 0.0565. The molecule has 104 valence electrons. The first kappa shape index (κ1) is 14.3.